The number of piperazine rings is 1. The molecule has 0 unspecified atom stereocenters. The van der Waals surface area contributed by atoms with E-state index in [0.717, 1.165) is 25.4 Å². The maximum atomic E-state index is 12.5. The summed E-state index contributed by atoms with van der Waals surface area (Å²) in [6, 6.07) is 2.09. The van der Waals surface area contributed by atoms with Gasteiger partial charge in [-0.2, -0.15) is 13.2 Å². The van der Waals surface area contributed by atoms with Crippen molar-refractivity contribution in [2.75, 3.05) is 33.2 Å². The number of likely N-dealkylation sites (N-methyl/N-ethyl adjacent to an activating group) is 1. The number of nitrogens with zero attached hydrogens (tertiary/aromatic N) is 6. The SMILES string of the molecule is CN1CCN(C(=O)c2cn(-c3ccc(C(F)(F)F)cn3)nn2)CC1. The summed E-state index contributed by atoms with van der Waals surface area (Å²) >= 11 is 0. The summed E-state index contributed by atoms with van der Waals surface area (Å²) in [7, 11) is 1.98. The first-order valence-corrected chi connectivity index (χ1v) is 7.28. The zero-order valence-corrected chi connectivity index (χ0v) is 12.9. The van der Waals surface area contributed by atoms with E-state index in [1.54, 1.807) is 4.90 Å². The van der Waals surface area contributed by atoms with Crippen LogP contribution in [0, 0.1) is 0 Å². The highest BCUT2D eigenvalue weighted by molar-refractivity contribution is 5.92. The maximum Gasteiger partial charge on any atom is 0.417 e. The molecular weight excluding hydrogens is 325 g/mol. The predicted molar refractivity (Wildman–Crippen MR) is 77.6 cm³/mol. The van der Waals surface area contributed by atoms with Gasteiger partial charge in [-0.3, -0.25) is 4.79 Å². The molecule has 0 bridgehead atoms. The van der Waals surface area contributed by atoms with Gasteiger partial charge < -0.3 is 9.80 Å². The minimum Gasteiger partial charge on any atom is -0.335 e. The zero-order valence-electron chi connectivity index (χ0n) is 12.9. The van der Waals surface area contributed by atoms with Crippen LogP contribution in [0.2, 0.25) is 0 Å². The Morgan fingerprint density at radius 3 is 2.46 bits per heavy atom. The van der Waals surface area contributed by atoms with Gasteiger partial charge in [0, 0.05) is 32.4 Å². The van der Waals surface area contributed by atoms with E-state index in [0.29, 0.717) is 13.1 Å². The second-order valence-electron chi connectivity index (χ2n) is 5.55. The Kier molecular flexibility index (Phi) is 4.22. The highest BCUT2D eigenvalue weighted by atomic mass is 19.4. The molecule has 10 heteroatoms. The molecule has 2 aromatic rings. The van der Waals surface area contributed by atoms with Crippen molar-refractivity contribution < 1.29 is 18.0 Å². The first-order chi connectivity index (χ1) is 11.3. The van der Waals surface area contributed by atoms with E-state index < -0.39 is 11.7 Å². The zero-order chi connectivity index (χ0) is 17.3. The lowest BCUT2D eigenvalue weighted by atomic mass is 10.3. The summed E-state index contributed by atoms with van der Waals surface area (Å²) in [6.07, 6.45) is -2.36. The van der Waals surface area contributed by atoms with Gasteiger partial charge in [-0.1, -0.05) is 5.21 Å². The van der Waals surface area contributed by atoms with Crippen molar-refractivity contribution in [2.24, 2.45) is 0 Å². The number of carbonyl (C=O) groups is 1. The molecule has 1 fully saturated rings. The number of halogens is 3. The van der Waals surface area contributed by atoms with Crippen molar-refractivity contribution in [3.05, 3.63) is 35.8 Å². The van der Waals surface area contributed by atoms with E-state index >= 15 is 0 Å². The molecule has 0 radical (unpaired) electrons. The number of aromatic nitrogens is 4. The van der Waals surface area contributed by atoms with Crippen LogP contribution in [0.25, 0.3) is 5.82 Å². The molecule has 7 nitrogen and oxygen atoms in total. The Hall–Kier alpha value is -2.49. The lowest BCUT2D eigenvalue weighted by Crippen LogP contribution is -2.47. The van der Waals surface area contributed by atoms with E-state index in [1.165, 1.54) is 16.9 Å². The summed E-state index contributed by atoms with van der Waals surface area (Å²) in [5.74, 6) is -0.0887. The first-order valence-electron chi connectivity index (χ1n) is 7.28. The van der Waals surface area contributed by atoms with E-state index in [9.17, 15) is 18.0 Å². The molecule has 0 aromatic carbocycles. The molecular formula is C14H15F3N6O. The molecule has 0 atom stereocenters. The van der Waals surface area contributed by atoms with Crippen LogP contribution in [-0.4, -0.2) is 68.9 Å². The Morgan fingerprint density at radius 1 is 1.17 bits per heavy atom. The lowest BCUT2D eigenvalue weighted by molar-refractivity contribution is -0.137. The van der Waals surface area contributed by atoms with Crippen molar-refractivity contribution in [1.29, 1.82) is 0 Å². The third-order valence-electron chi connectivity index (χ3n) is 3.81. The first kappa shape index (κ1) is 16.4. The van der Waals surface area contributed by atoms with Gasteiger partial charge in [0.2, 0.25) is 0 Å². The monoisotopic (exact) mass is 340 g/mol. The number of carbonyl (C=O) groups excluding carboxylic acids is 1. The highest BCUT2D eigenvalue weighted by Crippen LogP contribution is 2.28. The standard InChI is InChI=1S/C14H15F3N6O/c1-21-4-6-22(7-5-21)13(24)11-9-23(20-19-11)12-3-2-10(8-18-12)14(15,16)17/h2-3,8-9H,4-7H2,1H3. The van der Waals surface area contributed by atoms with Gasteiger partial charge in [-0.05, 0) is 19.2 Å². The van der Waals surface area contributed by atoms with Gasteiger partial charge in [0.25, 0.3) is 5.91 Å². The molecule has 2 aromatic heterocycles. The molecule has 3 heterocycles. The van der Waals surface area contributed by atoms with Gasteiger partial charge in [0.05, 0.1) is 11.8 Å². The Labute approximate surface area is 135 Å². The second kappa shape index (κ2) is 6.19. The molecule has 3 rings (SSSR count). The number of hydrogen-bond acceptors (Lipinski definition) is 5. The van der Waals surface area contributed by atoms with E-state index in [2.05, 4.69) is 20.2 Å². The second-order valence-corrected chi connectivity index (χ2v) is 5.55. The van der Waals surface area contributed by atoms with E-state index in [-0.39, 0.29) is 17.4 Å². The fourth-order valence-corrected chi connectivity index (χ4v) is 2.33. The predicted octanol–water partition coefficient (Wildman–Crippen LogP) is 1.07. The smallest absolute Gasteiger partial charge is 0.335 e. The molecule has 0 aliphatic carbocycles. The largest absolute Gasteiger partial charge is 0.417 e. The third kappa shape index (κ3) is 3.37. The number of pyridine rings is 1. The molecule has 1 aliphatic rings. The van der Waals surface area contributed by atoms with E-state index in [4.69, 9.17) is 0 Å². The summed E-state index contributed by atoms with van der Waals surface area (Å²) in [5.41, 5.74) is -0.707. The average Bonchev–Trinajstić information content (AvgIpc) is 3.04. The fraction of sp³-hybridized carbons (Fsp3) is 0.429. The quantitative estimate of drug-likeness (QED) is 0.818. The number of rotatable bonds is 2. The maximum absolute atomic E-state index is 12.5. The van der Waals surface area contributed by atoms with Gasteiger partial charge in [-0.15, -0.1) is 5.10 Å². The highest BCUT2D eigenvalue weighted by Gasteiger charge is 2.30. The van der Waals surface area contributed by atoms with Crippen LogP contribution >= 0.6 is 0 Å². The Morgan fingerprint density at radius 2 is 1.88 bits per heavy atom. The van der Waals surface area contributed by atoms with Crippen LogP contribution in [-0.2, 0) is 6.18 Å². The van der Waals surface area contributed by atoms with Gasteiger partial charge in [0.1, 0.15) is 0 Å². The van der Waals surface area contributed by atoms with Crippen LogP contribution in [0.3, 0.4) is 0 Å². The van der Waals surface area contributed by atoms with Crippen LogP contribution < -0.4 is 0 Å². The van der Waals surface area contributed by atoms with Crippen LogP contribution in [0.15, 0.2) is 24.5 Å². The normalized spacial score (nSPS) is 16.4. The topological polar surface area (TPSA) is 67.2 Å². The number of hydrogen-bond donors (Lipinski definition) is 0. The van der Waals surface area contributed by atoms with Gasteiger partial charge in [0.15, 0.2) is 11.5 Å². The van der Waals surface area contributed by atoms with Crippen LogP contribution in [0.1, 0.15) is 16.1 Å². The van der Waals surface area contributed by atoms with Crippen LogP contribution in [0.5, 0.6) is 0 Å². The molecule has 0 spiro atoms. The fourth-order valence-electron chi connectivity index (χ4n) is 2.33. The molecule has 0 N–H and O–H groups in total. The molecule has 24 heavy (non-hydrogen) atoms. The molecule has 1 amide bonds. The van der Waals surface area contributed by atoms with Crippen molar-refractivity contribution in [3.8, 4) is 5.82 Å². The molecule has 128 valence electrons. The summed E-state index contributed by atoms with van der Waals surface area (Å²) in [5, 5.41) is 7.58. The third-order valence-corrected chi connectivity index (χ3v) is 3.81. The van der Waals surface area contributed by atoms with Crippen molar-refractivity contribution in [1.82, 2.24) is 29.8 Å². The molecule has 1 aliphatic heterocycles. The number of alkyl halides is 3. The van der Waals surface area contributed by atoms with Gasteiger partial charge in [-0.25, -0.2) is 9.67 Å². The van der Waals surface area contributed by atoms with Crippen molar-refractivity contribution in [3.63, 3.8) is 0 Å². The minimum absolute atomic E-state index is 0.140. The number of amides is 1. The van der Waals surface area contributed by atoms with Crippen LogP contribution in [0.4, 0.5) is 13.2 Å². The van der Waals surface area contributed by atoms with Crippen molar-refractivity contribution >= 4 is 5.91 Å². The minimum atomic E-state index is -4.45. The Bertz CT molecular complexity index is 719. The van der Waals surface area contributed by atoms with Gasteiger partial charge >= 0.3 is 6.18 Å². The Balaban J connectivity index is 1.74. The summed E-state index contributed by atoms with van der Waals surface area (Å²) < 4.78 is 38.8. The summed E-state index contributed by atoms with van der Waals surface area (Å²) in [6.45, 7) is 2.75. The van der Waals surface area contributed by atoms with Crippen molar-refractivity contribution in [2.45, 2.75) is 6.18 Å². The molecule has 0 saturated carbocycles. The average molecular weight is 340 g/mol. The summed E-state index contributed by atoms with van der Waals surface area (Å²) in [4.78, 5) is 19.9. The molecule has 1 saturated heterocycles. The van der Waals surface area contributed by atoms with E-state index in [1.807, 2.05) is 7.05 Å². The lowest BCUT2D eigenvalue weighted by Gasteiger charge is -2.31.